The van der Waals surface area contributed by atoms with Crippen LogP contribution in [-0.4, -0.2) is 63.1 Å². The highest BCUT2D eigenvalue weighted by Crippen LogP contribution is 2.23. The lowest BCUT2D eigenvalue weighted by Gasteiger charge is -2.22. The van der Waals surface area contributed by atoms with E-state index in [1.54, 1.807) is 30.6 Å². The van der Waals surface area contributed by atoms with E-state index < -0.39 is 10.0 Å². The zero-order valence-electron chi connectivity index (χ0n) is 15.3. The van der Waals surface area contributed by atoms with Gasteiger partial charge in [-0.05, 0) is 38.4 Å². The third-order valence-corrected chi connectivity index (χ3v) is 5.94. The molecule has 2 aromatic rings. The molecule has 1 aromatic heterocycles. The Morgan fingerprint density at radius 3 is 2.67 bits per heavy atom. The Labute approximate surface area is 159 Å². The normalized spacial score (nSPS) is 20.0. The van der Waals surface area contributed by atoms with Gasteiger partial charge in [-0.15, -0.1) is 0 Å². The van der Waals surface area contributed by atoms with Crippen LogP contribution in [0.4, 0.5) is 5.95 Å². The monoisotopic (exact) mass is 386 g/mol. The molecule has 9 heteroatoms. The fourth-order valence-electron chi connectivity index (χ4n) is 3.28. The summed E-state index contributed by atoms with van der Waals surface area (Å²) in [6.07, 6.45) is 3.35. The van der Waals surface area contributed by atoms with Crippen LogP contribution >= 0.6 is 0 Å². The summed E-state index contributed by atoms with van der Waals surface area (Å²) in [6.45, 7) is 1.88. The van der Waals surface area contributed by atoms with Gasteiger partial charge in [0.05, 0.1) is 16.5 Å². The van der Waals surface area contributed by atoms with Gasteiger partial charge in [0.15, 0.2) is 0 Å². The standard InChI is InChI=1S/C18H22N6O2S/c1-23(2)11-15-12-24(18-20-7-4-8-21-18)13-17(15)22-27(25,26)16-6-3-5-14(9-16)10-19/h3-9,15,17,22H,11-13H2,1-2H3/t15-,17-/m1/s1. The second-order valence-electron chi connectivity index (χ2n) is 6.84. The van der Waals surface area contributed by atoms with Crippen LogP contribution in [0.25, 0.3) is 0 Å². The molecule has 0 saturated carbocycles. The van der Waals surface area contributed by atoms with Crippen LogP contribution in [0.3, 0.4) is 0 Å². The molecule has 1 saturated heterocycles. The molecule has 0 unspecified atom stereocenters. The summed E-state index contributed by atoms with van der Waals surface area (Å²) in [6, 6.07) is 9.47. The Morgan fingerprint density at radius 2 is 2.00 bits per heavy atom. The summed E-state index contributed by atoms with van der Waals surface area (Å²) in [5.74, 6) is 0.673. The topological polar surface area (TPSA) is 102 Å². The van der Waals surface area contributed by atoms with Gasteiger partial charge < -0.3 is 9.80 Å². The van der Waals surface area contributed by atoms with Crippen LogP contribution in [0.1, 0.15) is 5.56 Å². The first-order chi connectivity index (χ1) is 12.9. The molecule has 3 rings (SSSR count). The molecular weight excluding hydrogens is 364 g/mol. The second-order valence-corrected chi connectivity index (χ2v) is 8.56. The summed E-state index contributed by atoms with van der Waals surface area (Å²) >= 11 is 0. The molecule has 0 radical (unpaired) electrons. The number of rotatable bonds is 6. The number of sulfonamides is 1. The summed E-state index contributed by atoms with van der Waals surface area (Å²) in [5.41, 5.74) is 0.313. The number of benzene rings is 1. The van der Waals surface area contributed by atoms with Crippen molar-refractivity contribution in [2.24, 2.45) is 5.92 Å². The van der Waals surface area contributed by atoms with Crippen LogP contribution in [0.15, 0.2) is 47.6 Å². The second kappa shape index (κ2) is 8.00. The highest BCUT2D eigenvalue weighted by atomic mass is 32.2. The molecule has 1 fully saturated rings. The smallest absolute Gasteiger partial charge is 0.240 e. The number of nitrogens with zero attached hydrogens (tertiary/aromatic N) is 5. The van der Waals surface area contributed by atoms with Gasteiger partial charge in [-0.25, -0.2) is 23.1 Å². The van der Waals surface area contributed by atoms with Gasteiger partial charge in [0.2, 0.25) is 16.0 Å². The lowest BCUT2D eigenvalue weighted by molar-refractivity contribution is 0.315. The van der Waals surface area contributed by atoms with Crippen LogP contribution in [0.5, 0.6) is 0 Å². The van der Waals surface area contributed by atoms with Gasteiger partial charge >= 0.3 is 0 Å². The van der Waals surface area contributed by atoms with Gasteiger partial charge in [-0.2, -0.15) is 5.26 Å². The van der Waals surface area contributed by atoms with Crippen LogP contribution in [0.2, 0.25) is 0 Å². The van der Waals surface area contributed by atoms with Crippen LogP contribution in [0, 0.1) is 17.2 Å². The Bertz CT molecular complexity index is 926. The van der Waals surface area contributed by atoms with E-state index in [9.17, 15) is 8.42 Å². The maximum absolute atomic E-state index is 12.8. The van der Waals surface area contributed by atoms with Crippen LogP contribution < -0.4 is 9.62 Å². The van der Waals surface area contributed by atoms with Gasteiger partial charge in [0.1, 0.15) is 0 Å². The van der Waals surface area contributed by atoms with Crippen LogP contribution in [-0.2, 0) is 10.0 Å². The predicted molar refractivity (Wildman–Crippen MR) is 102 cm³/mol. The molecule has 0 bridgehead atoms. The van der Waals surface area contributed by atoms with Crippen molar-refractivity contribution in [3.63, 3.8) is 0 Å². The number of nitrogens with one attached hydrogen (secondary N) is 1. The maximum Gasteiger partial charge on any atom is 0.240 e. The van der Waals surface area contributed by atoms with Gasteiger partial charge in [-0.1, -0.05) is 6.07 Å². The molecule has 142 valence electrons. The molecule has 27 heavy (non-hydrogen) atoms. The van der Waals surface area contributed by atoms with Gasteiger partial charge in [0, 0.05) is 44.0 Å². The zero-order valence-corrected chi connectivity index (χ0v) is 16.1. The van der Waals surface area contributed by atoms with Crippen molar-refractivity contribution >= 4 is 16.0 Å². The molecule has 1 N–H and O–H groups in total. The molecule has 8 nitrogen and oxygen atoms in total. The molecule has 1 aliphatic rings. The summed E-state index contributed by atoms with van der Waals surface area (Å²) in [4.78, 5) is 12.7. The third-order valence-electron chi connectivity index (χ3n) is 4.46. The van der Waals surface area contributed by atoms with E-state index in [0.29, 0.717) is 24.6 Å². The Balaban J connectivity index is 1.82. The maximum atomic E-state index is 12.8. The average Bonchev–Trinajstić information content (AvgIpc) is 3.03. The van der Waals surface area contributed by atoms with Crippen molar-refractivity contribution in [3.05, 3.63) is 48.3 Å². The molecule has 1 aromatic carbocycles. The number of aromatic nitrogens is 2. The molecule has 1 aliphatic heterocycles. The van der Waals surface area contributed by atoms with Crippen molar-refractivity contribution in [2.45, 2.75) is 10.9 Å². The molecule has 2 heterocycles. The predicted octanol–water partition coefficient (Wildman–Crippen LogP) is 0.693. The number of anilines is 1. The average molecular weight is 386 g/mol. The Hall–Kier alpha value is -2.54. The molecular formula is C18H22N6O2S. The highest BCUT2D eigenvalue weighted by Gasteiger charge is 2.37. The SMILES string of the molecule is CN(C)C[C@@H]1CN(c2ncccn2)C[C@H]1NS(=O)(=O)c1cccc(C#N)c1. The summed E-state index contributed by atoms with van der Waals surface area (Å²) < 4.78 is 28.5. The van der Waals surface area contributed by atoms with E-state index in [0.717, 1.165) is 6.54 Å². The minimum absolute atomic E-state index is 0.0812. The quantitative estimate of drug-likeness (QED) is 0.779. The molecule has 0 amide bonds. The first kappa shape index (κ1) is 19.2. The van der Waals surface area contributed by atoms with E-state index in [-0.39, 0.29) is 16.9 Å². The summed E-state index contributed by atoms with van der Waals surface area (Å²) in [5, 5.41) is 9.02. The zero-order chi connectivity index (χ0) is 19.4. The first-order valence-corrected chi connectivity index (χ1v) is 10.1. The van der Waals surface area contributed by atoms with E-state index in [2.05, 4.69) is 14.7 Å². The Morgan fingerprint density at radius 1 is 1.26 bits per heavy atom. The third kappa shape index (κ3) is 4.60. The molecule has 0 aliphatic carbocycles. The fourth-order valence-corrected chi connectivity index (χ4v) is 4.62. The Kier molecular flexibility index (Phi) is 5.70. The highest BCUT2D eigenvalue weighted by molar-refractivity contribution is 7.89. The molecule has 2 atom stereocenters. The number of hydrogen-bond acceptors (Lipinski definition) is 7. The van der Waals surface area contributed by atoms with E-state index in [1.165, 1.54) is 12.1 Å². The van der Waals surface area contributed by atoms with Gasteiger partial charge in [-0.3, -0.25) is 0 Å². The fraction of sp³-hybridized carbons (Fsp3) is 0.389. The van der Waals surface area contributed by atoms with Crippen molar-refractivity contribution in [3.8, 4) is 6.07 Å². The number of nitriles is 1. The van der Waals surface area contributed by atoms with E-state index in [4.69, 9.17) is 5.26 Å². The van der Waals surface area contributed by atoms with E-state index >= 15 is 0 Å². The lowest BCUT2D eigenvalue weighted by Crippen LogP contribution is -2.43. The summed E-state index contributed by atoms with van der Waals surface area (Å²) in [7, 11) is 0.186. The number of hydrogen-bond donors (Lipinski definition) is 1. The van der Waals surface area contributed by atoms with Crippen molar-refractivity contribution in [1.29, 1.82) is 5.26 Å². The van der Waals surface area contributed by atoms with Crippen molar-refractivity contribution in [1.82, 2.24) is 19.6 Å². The first-order valence-electron chi connectivity index (χ1n) is 8.58. The lowest BCUT2D eigenvalue weighted by atomic mass is 10.0. The van der Waals surface area contributed by atoms with Gasteiger partial charge in [0.25, 0.3) is 0 Å². The van der Waals surface area contributed by atoms with E-state index in [1.807, 2.05) is 30.0 Å². The molecule has 0 spiro atoms. The van der Waals surface area contributed by atoms with Crippen molar-refractivity contribution in [2.75, 3.05) is 38.6 Å². The van der Waals surface area contributed by atoms with Crippen molar-refractivity contribution < 1.29 is 8.42 Å². The minimum atomic E-state index is -3.74. The minimum Gasteiger partial charge on any atom is -0.339 e. The largest absolute Gasteiger partial charge is 0.339 e.